The number of hydrogen-bond donors (Lipinski definition) is 0. The maximum absolute atomic E-state index is 4.50. The topological polar surface area (TPSA) is 12.9 Å². The minimum Gasteiger partial charge on any atom is -0.261 e. The van der Waals surface area contributed by atoms with Crippen LogP contribution in [0.1, 0.15) is 37.4 Å². The largest absolute Gasteiger partial charge is 0.261 e. The van der Waals surface area contributed by atoms with Gasteiger partial charge < -0.3 is 0 Å². The van der Waals surface area contributed by atoms with E-state index in [1.54, 1.807) is 0 Å². The molecule has 0 amide bonds. The second-order valence-electron chi connectivity index (χ2n) is 4.74. The molecule has 92 valence electrons. The first-order valence-corrected chi connectivity index (χ1v) is 6.36. The molecule has 1 aromatic carbocycles. The molecular weight excluding hydrogens is 218 g/mol. The Hall–Kier alpha value is -1.89. The Kier molecular flexibility index (Phi) is 4.30. The van der Waals surface area contributed by atoms with Crippen molar-refractivity contribution in [2.75, 3.05) is 0 Å². The van der Waals surface area contributed by atoms with E-state index in [0.29, 0.717) is 5.92 Å². The van der Waals surface area contributed by atoms with E-state index in [1.807, 2.05) is 12.3 Å². The summed E-state index contributed by atoms with van der Waals surface area (Å²) in [6.45, 7) is 4.28. The van der Waals surface area contributed by atoms with Crippen LogP contribution < -0.4 is 0 Å². The number of hydrogen-bond acceptors (Lipinski definition) is 1. The van der Waals surface area contributed by atoms with Crippen LogP contribution in [0.3, 0.4) is 0 Å². The summed E-state index contributed by atoms with van der Waals surface area (Å²) in [6, 6.07) is 16.7. The molecule has 1 unspecified atom stereocenters. The van der Waals surface area contributed by atoms with Gasteiger partial charge in [-0.25, -0.2) is 0 Å². The van der Waals surface area contributed by atoms with Crippen LogP contribution >= 0.6 is 0 Å². The van der Waals surface area contributed by atoms with E-state index in [-0.39, 0.29) is 0 Å². The standard InChI is InChI=1S/C17H19N/c1-14(2)11-12-16(15-8-4-3-5-9-15)17-10-6-7-13-18-17/h3-11,13,16H,12H2,1-2H3. The van der Waals surface area contributed by atoms with Crippen LogP contribution in [-0.4, -0.2) is 4.98 Å². The molecule has 2 rings (SSSR count). The smallest absolute Gasteiger partial charge is 0.0481 e. The van der Waals surface area contributed by atoms with Crippen LogP contribution in [0.4, 0.5) is 0 Å². The van der Waals surface area contributed by atoms with Crippen molar-refractivity contribution in [3.8, 4) is 0 Å². The van der Waals surface area contributed by atoms with Gasteiger partial charge in [0.1, 0.15) is 0 Å². The number of rotatable bonds is 4. The summed E-state index contributed by atoms with van der Waals surface area (Å²) in [5.41, 5.74) is 3.82. The Bertz CT molecular complexity index is 456. The molecule has 0 aliphatic rings. The van der Waals surface area contributed by atoms with E-state index in [0.717, 1.165) is 12.1 Å². The van der Waals surface area contributed by atoms with E-state index in [2.05, 4.69) is 67.4 Å². The molecule has 0 saturated carbocycles. The molecule has 0 saturated heterocycles. The van der Waals surface area contributed by atoms with Gasteiger partial charge in [-0.2, -0.15) is 0 Å². The number of pyridine rings is 1. The Balaban J connectivity index is 2.32. The van der Waals surface area contributed by atoms with Gasteiger partial charge in [0.05, 0.1) is 0 Å². The molecule has 0 fully saturated rings. The van der Waals surface area contributed by atoms with Crippen molar-refractivity contribution in [2.24, 2.45) is 0 Å². The fourth-order valence-corrected chi connectivity index (χ4v) is 2.05. The first-order valence-electron chi connectivity index (χ1n) is 6.36. The van der Waals surface area contributed by atoms with Crippen LogP contribution in [0.5, 0.6) is 0 Å². The lowest BCUT2D eigenvalue weighted by Crippen LogP contribution is -2.02. The summed E-state index contributed by atoms with van der Waals surface area (Å²) >= 11 is 0. The zero-order chi connectivity index (χ0) is 12.8. The van der Waals surface area contributed by atoms with E-state index in [1.165, 1.54) is 11.1 Å². The van der Waals surface area contributed by atoms with E-state index >= 15 is 0 Å². The number of aromatic nitrogens is 1. The van der Waals surface area contributed by atoms with Crippen LogP contribution in [0.2, 0.25) is 0 Å². The second-order valence-corrected chi connectivity index (χ2v) is 4.74. The Labute approximate surface area is 109 Å². The SMILES string of the molecule is CC(C)=CCC(c1ccccc1)c1ccccn1. The highest BCUT2D eigenvalue weighted by molar-refractivity contribution is 5.29. The van der Waals surface area contributed by atoms with Crippen molar-refractivity contribution in [3.05, 3.63) is 77.6 Å². The second kappa shape index (κ2) is 6.15. The molecule has 0 aliphatic carbocycles. The Morgan fingerprint density at radius 1 is 1.06 bits per heavy atom. The fourth-order valence-electron chi connectivity index (χ4n) is 2.05. The minimum absolute atomic E-state index is 0.349. The summed E-state index contributed by atoms with van der Waals surface area (Å²) in [5, 5.41) is 0. The Morgan fingerprint density at radius 3 is 2.39 bits per heavy atom. The molecular formula is C17H19N. The van der Waals surface area contributed by atoms with Crippen molar-refractivity contribution in [3.63, 3.8) is 0 Å². The quantitative estimate of drug-likeness (QED) is 0.710. The maximum atomic E-state index is 4.50. The molecule has 2 aromatic rings. The fraction of sp³-hybridized carbons (Fsp3) is 0.235. The summed E-state index contributed by atoms with van der Waals surface area (Å²) in [5.74, 6) is 0.349. The minimum atomic E-state index is 0.349. The van der Waals surface area contributed by atoms with Crippen LogP contribution in [0, 0.1) is 0 Å². The maximum Gasteiger partial charge on any atom is 0.0481 e. The van der Waals surface area contributed by atoms with Crippen molar-refractivity contribution in [1.82, 2.24) is 4.98 Å². The van der Waals surface area contributed by atoms with Gasteiger partial charge in [-0.3, -0.25) is 4.98 Å². The molecule has 0 aliphatic heterocycles. The third-order valence-electron chi connectivity index (χ3n) is 3.01. The molecule has 0 bridgehead atoms. The lowest BCUT2D eigenvalue weighted by molar-refractivity contribution is 0.790. The monoisotopic (exact) mass is 237 g/mol. The summed E-state index contributed by atoms with van der Waals surface area (Å²) in [4.78, 5) is 4.50. The van der Waals surface area contributed by atoms with Gasteiger partial charge in [-0.1, -0.05) is 48.0 Å². The molecule has 1 atom stereocenters. The normalized spacial score (nSPS) is 11.9. The predicted octanol–water partition coefficient (Wildman–Crippen LogP) is 4.57. The van der Waals surface area contributed by atoms with Gasteiger partial charge in [-0.05, 0) is 38.0 Å². The van der Waals surface area contributed by atoms with Crippen molar-refractivity contribution in [2.45, 2.75) is 26.2 Å². The lowest BCUT2D eigenvalue weighted by Gasteiger charge is -2.15. The summed E-state index contributed by atoms with van der Waals surface area (Å²) < 4.78 is 0. The van der Waals surface area contributed by atoms with Crippen molar-refractivity contribution >= 4 is 0 Å². The van der Waals surface area contributed by atoms with Crippen LogP contribution in [-0.2, 0) is 0 Å². The third kappa shape index (κ3) is 3.30. The zero-order valence-corrected chi connectivity index (χ0v) is 11.0. The average Bonchev–Trinajstić information content (AvgIpc) is 2.41. The third-order valence-corrected chi connectivity index (χ3v) is 3.01. The summed E-state index contributed by atoms with van der Waals surface area (Å²) in [7, 11) is 0. The Morgan fingerprint density at radius 2 is 1.78 bits per heavy atom. The number of nitrogens with zero attached hydrogens (tertiary/aromatic N) is 1. The van der Waals surface area contributed by atoms with Crippen LogP contribution in [0.25, 0.3) is 0 Å². The predicted molar refractivity (Wildman–Crippen MR) is 76.6 cm³/mol. The molecule has 18 heavy (non-hydrogen) atoms. The van der Waals surface area contributed by atoms with Gasteiger partial charge in [-0.15, -0.1) is 0 Å². The lowest BCUT2D eigenvalue weighted by atomic mass is 9.91. The van der Waals surface area contributed by atoms with E-state index in [9.17, 15) is 0 Å². The molecule has 0 radical (unpaired) electrons. The van der Waals surface area contributed by atoms with E-state index in [4.69, 9.17) is 0 Å². The molecule has 0 spiro atoms. The molecule has 0 N–H and O–H groups in total. The highest BCUT2D eigenvalue weighted by Gasteiger charge is 2.13. The zero-order valence-electron chi connectivity index (χ0n) is 11.0. The summed E-state index contributed by atoms with van der Waals surface area (Å²) in [6.07, 6.45) is 5.16. The first-order chi connectivity index (χ1) is 8.77. The van der Waals surface area contributed by atoms with Gasteiger partial charge >= 0.3 is 0 Å². The number of benzene rings is 1. The van der Waals surface area contributed by atoms with Gasteiger partial charge in [0.15, 0.2) is 0 Å². The molecule has 1 heteroatoms. The molecule has 1 heterocycles. The van der Waals surface area contributed by atoms with Gasteiger partial charge in [0.25, 0.3) is 0 Å². The highest BCUT2D eigenvalue weighted by Crippen LogP contribution is 2.27. The number of allylic oxidation sites excluding steroid dienone is 2. The van der Waals surface area contributed by atoms with Crippen molar-refractivity contribution < 1.29 is 0 Å². The van der Waals surface area contributed by atoms with E-state index < -0.39 is 0 Å². The average molecular weight is 237 g/mol. The first kappa shape index (κ1) is 12.6. The molecule has 1 aromatic heterocycles. The highest BCUT2D eigenvalue weighted by atomic mass is 14.7. The van der Waals surface area contributed by atoms with Gasteiger partial charge in [0, 0.05) is 17.8 Å². The van der Waals surface area contributed by atoms with Crippen molar-refractivity contribution in [1.29, 1.82) is 0 Å². The van der Waals surface area contributed by atoms with Crippen LogP contribution in [0.15, 0.2) is 66.4 Å². The molecule has 1 nitrogen and oxygen atoms in total. The van der Waals surface area contributed by atoms with Gasteiger partial charge in [0.2, 0.25) is 0 Å².